The predicted octanol–water partition coefficient (Wildman–Crippen LogP) is 3.12. The van der Waals surface area contributed by atoms with Gasteiger partial charge in [0.25, 0.3) is 0 Å². The van der Waals surface area contributed by atoms with Crippen LogP contribution in [0.5, 0.6) is 0 Å². The van der Waals surface area contributed by atoms with Gasteiger partial charge in [-0.1, -0.05) is 24.3 Å². The molecule has 0 saturated carbocycles. The molecule has 0 spiro atoms. The molecule has 0 fully saturated rings. The Labute approximate surface area is 163 Å². The maximum Gasteiger partial charge on any atom is 0.187 e. The van der Waals surface area contributed by atoms with E-state index >= 15 is 0 Å². The Hall–Kier alpha value is -2.00. The van der Waals surface area contributed by atoms with Crippen LogP contribution in [-0.4, -0.2) is 23.7 Å². The van der Waals surface area contributed by atoms with Crippen LogP contribution in [0.2, 0.25) is 0 Å². The van der Waals surface area contributed by atoms with Crippen molar-refractivity contribution < 1.29 is 29.1 Å². The molecule has 0 aliphatic heterocycles. The first-order chi connectivity index (χ1) is 11.4. The van der Waals surface area contributed by atoms with Gasteiger partial charge in [0.1, 0.15) is 0 Å². The van der Waals surface area contributed by atoms with Crippen molar-refractivity contribution in [3.8, 4) is 0 Å². The minimum atomic E-state index is 0. The molecule has 130 valence electrons. The van der Waals surface area contributed by atoms with Crippen LogP contribution in [-0.2, 0) is 29.1 Å². The first-order valence-electron chi connectivity index (χ1n) is 8.10. The van der Waals surface area contributed by atoms with Crippen molar-refractivity contribution in [3.63, 3.8) is 0 Å². The minimum Gasteiger partial charge on any atom is -0.388 e. The van der Waals surface area contributed by atoms with Gasteiger partial charge >= 0.3 is 0 Å². The summed E-state index contributed by atoms with van der Waals surface area (Å²) < 4.78 is 0. The van der Waals surface area contributed by atoms with Crippen LogP contribution in [0.1, 0.15) is 27.7 Å². The molecule has 25 heavy (non-hydrogen) atoms. The summed E-state index contributed by atoms with van der Waals surface area (Å²) in [5.41, 5.74) is 1.43. The van der Waals surface area contributed by atoms with Gasteiger partial charge in [0.05, 0.1) is 0 Å². The molecule has 0 aromatic carbocycles. The van der Waals surface area contributed by atoms with Crippen molar-refractivity contribution >= 4 is 11.6 Å². The van der Waals surface area contributed by atoms with E-state index in [1.165, 1.54) is 0 Å². The molecule has 0 atom stereocenters. The van der Waals surface area contributed by atoms with Crippen molar-refractivity contribution in [1.29, 1.82) is 0 Å². The number of allylic oxidation sites excluding steroid dienone is 10. The molecule has 2 aliphatic rings. The molecule has 0 saturated heterocycles. The van der Waals surface area contributed by atoms with Crippen LogP contribution in [0, 0.1) is 0 Å². The Kier molecular flexibility index (Phi) is 11.4. The summed E-state index contributed by atoms with van der Waals surface area (Å²) in [6.07, 6.45) is 17.5. The Morgan fingerprint density at radius 2 is 1.00 bits per heavy atom. The van der Waals surface area contributed by atoms with Gasteiger partial charge in [-0.15, -0.1) is 0 Å². The molecule has 0 aromatic rings. The SMILES string of the molecule is CC(C)NC=C1C=CC=CC1=O.CC(C)NC=C1C=CC=CC1=O.[Zn]. The van der Waals surface area contributed by atoms with Crippen molar-refractivity contribution in [2.75, 3.05) is 0 Å². The number of ketones is 2. The van der Waals surface area contributed by atoms with Gasteiger partial charge in [0.2, 0.25) is 0 Å². The number of hydrogen-bond acceptors (Lipinski definition) is 4. The third-order valence-electron chi connectivity index (χ3n) is 2.98. The Bertz CT molecular complexity index is 580. The van der Waals surface area contributed by atoms with E-state index in [0.29, 0.717) is 23.2 Å². The van der Waals surface area contributed by atoms with E-state index in [2.05, 4.69) is 10.6 Å². The van der Waals surface area contributed by atoms with Gasteiger partial charge in [0.15, 0.2) is 11.6 Å². The van der Waals surface area contributed by atoms with Gasteiger partial charge in [-0.3, -0.25) is 9.59 Å². The van der Waals surface area contributed by atoms with Crippen LogP contribution in [0.4, 0.5) is 0 Å². The second kappa shape index (κ2) is 12.4. The Balaban J connectivity index is 0.000000443. The minimum absolute atomic E-state index is 0. The summed E-state index contributed by atoms with van der Waals surface area (Å²) in [4.78, 5) is 22.3. The normalized spacial score (nSPS) is 18.5. The van der Waals surface area contributed by atoms with Gasteiger partial charge in [-0.2, -0.15) is 0 Å². The predicted molar refractivity (Wildman–Crippen MR) is 99.3 cm³/mol. The summed E-state index contributed by atoms with van der Waals surface area (Å²) in [6, 6.07) is 0.731. The maximum atomic E-state index is 11.2. The van der Waals surface area contributed by atoms with E-state index < -0.39 is 0 Å². The average molecular weight is 392 g/mol. The Morgan fingerprint density at radius 3 is 1.28 bits per heavy atom. The third-order valence-corrected chi connectivity index (χ3v) is 2.98. The van der Waals surface area contributed by atoms with Crippen LogP contribution < -0.4 is 10.6 Å². The maximum absolute atomic E-state index is 11.2. The largest absolute Gasteiger partial charge is 0.388 e. The van der Waals surface area contributed by atoms with Crippen molar-refractivity contribution in [2.24, 2.45) is 0 Å². The second-order valence-electron chi connectivity index (χ2n) is 6.01. The standard InChI is InChI=1S/2C10H13NO.Zn/c2*1-8(2)11-7-9-5-3-4-6-10(9)12;/h2*3-8,11H,1-2H3;. The third kappa shape index (κ3) is 9.78. The zero-order valence-electron chi connectivity index (χ0n) is 15.5. The molecule has 0 aromatic heterocycles. The summed E-state index contributed by atoms with van der Waals surface area (Å²) in [6.45, 7) is 8.13. The molecule has 0 heterocycles. The molecule has 2 N–H and O–H groups in total. The molecule has 2 aliphatic carbocycles. The van der Waals surface area contributed by atoms with Crippen LogP contribution in [0.3, 0.4) is 0 Å². The quantitative estimate of drug-likeness (QED) is 0.571. The molecule has 0 unspecified atom stereocenters. The summed E-state index contributed by atoms with van der Waals surface area (Å²) in [7, 11) is 0. The molecule has 5 heteroatoms. The molecule has 0 amide bonds. The van der Waals surface area contributed by atoms with Gasteiger partial charge < -0.3 is 10.6 Å². The second-order valence-corrected chi connectivity index (χ2v) is 6.01. The van der Waals surface area contributed by atoms with Crippen LogP contribution in [0.25, 0.3) is 0 Å². The number of hydrogen-bond donors (Lipinski definition) is 2. The smallest absolute Gasteiger partial charge is 0.187 e. The fourth-order valence-corrected chi connectivity index (χ4v) is 1.71. The van der Waals surface area contributed by atoms with E-state index in [1.807, 2.05) is 39.8 Å². The molecular weight excluding hydrogens is 366 g/mol. The monoisotopic (exact) mass is 390 g/mol. The number of carbonyl (C=O) groups excluding carboxylic acids is 2. The first kappa shape index (κ1) is 23.0. The first-order valence-corrected chi connectivity index (χ1v) is 8.10. The molecule has 0 bridgehead atoms. The van der Waals surface area contributed by atoms with Crippen LogP contribution >= 0.6 is 0 Å². The van der Waals surface area contributed by atoms with E-state index in [0.717, 1.165) is 0 Å². The zero-order chi connectivity index (χ0) is 17.9. The number of carbonyl (C=O) groups is 2. The fraction of sp³-hybridized carbons (Fsp3) is 0.300. The van der Waals surface area contributed by atoms with Crippen molar-refractivity contribution in [2.45, 2.75) is 39.8 Å². The topological polar surface area (TPSA) is 58.2 Å². The van der Waals surface area contributed by atoms with E-state index in [1.54, 1.807) is 48.9 Å². The number of rotatable bonds is 4. The van der Waals surface area contributed by atoms with Crippen LogP contribution in [0.15, 0.2) is 72.2 Å². The van der Waals surface area contributed by atoms with E-state index in [-0.39, 0.29) is 31.0 Å². The molecule has 4 nitrogen and oxygen atoms in total. The summed E-state index contributed by atoms with van der Waals surface area (Å²) in [5.74, 6) is 0.122. The molecule has 0 radical (unpaired) electrons. The van der Waals surface area contributed by atoms with E-state index in [4.69, 9.17) is 0 Å². The van der Waals surface area contributed by atoms with Gasteiger partial charge in [-0.05, 0) is 52.0 Å². The molecular formula is C20H26N2O2Zn. The fourth-order valence-electron chi connectivity index (χ4n) is 1.71. The summed E-state index contributed by atoms with van der Waals surface area (Å²) in [5, 5.41) is 6.16. The Morgan fingerprint density at radius 1 is 0.680 bits per heavy atom. The average Bonchev–Trinajstić information content (AvgIpc) is 2.54. The number of nitrogens with one attached hydrogen (secondary N) is 2. The van der Waals surface area contributed by atoms with E-state index in [9.17, 15) is 9.59 Å². The van der Waals surface area contributed by atoms with Crippen molar-refractivity contribution in [3.05, 3.63) is 72.2 Å². The van der Waals surface area contributed by atoms with Gasteiger partial charge in [-0.25, -0.2) is 0 Å². The molecule has 2 rings (SSSR count). The van der Waals surface area contributed by atoms with Crippen molar-refractivity contribution in [1.82, 2.24) is 10.6 Å². The van der Waals surface area contributed by atoms with Gasteiger partial charge in [0, 0.05) is 55.1 Å². The summed E-state index contributed by atoms with van der Waals surface area (Å²) >= 11 is 0. The zero-order valence-corrected chi connectivity index (χ0v) is 18.4.